The van der Waals surface area contributed by atoms with Gasteiger partial charge in [-0.05, 0) is 6.92 Å². The highest BCUT2D eigenvalue weighted by atomic mass is 16.7. The SMILES string of the molecule is COC(CN1CC(C)OC(CO)C1)OC. The van der Waals surface area contributed by atoms with Crippen molar-refractivity contribution in [2.75, 3.05) is 40.5 Å². The molecule has 90 valence electrons. The number of ether oxygens (including phenoxy) is 3. The number of hydrogen-bond donors (Lipinski definition) is 1. The van der Waals surface area contributed by atoms with Crippen molar-refractivity contribution in [3.05, 3.63) is 0 Å². The average Bonchev–Trinajstić information content (AvgIpc) is 2.25. The second-order valence-electron chi connectivity index (χ2n) is 3.87. The molecule has 1 saturated heterocycles. The number of methoxy groups -OCH3 is 2. The maximum Gasteiger partial charge on any atom is 0.169 e. The van der Waals surface area contributed by atoms with E-state index in [2.05, 4.69) is 4.90 Å². The van der Waals surface area contributed by atoms with Crippen LogP contribution >= 0.6 is 0 Å². The summed E-state index contributed by atoms with van der Waals surface area (Å²) in [6, 6.07) is 0. The number of hydrogen-bond acceptors (Lipinski definition) is 5. The molecule has 1 heterocycles. The molecule has 1 aliphatic rings. The van der Waals surface area contributed by atoms with Crippen molar-refractivity contribution in [2.45, 2.75) is 25.4 Å². The predicted octanol–water partition coefficient (Wildman–Crippen LogP) is -0.313. The highest BCUT2D eigenvalue weighted by Gasteiger charge is 2.26. The fraction of sp³-hybridized carbons (Fsp3) is 1.00. The molecule has 0 saturated carbocycles. The topological polar surface area (TPSA) is 51.2 Å². The monoisotopic (exact) mass is 219 g/mol. The molecule has 0 amide bonds. The van der Waals surface area contributed by atoms with Gasteiger partial charge in [-0.2, -0.15) is 0 Å². The molecule has 1 rings (SSSR count). The molecule has 0 aliphatic carbocycles. The Morgan fingerprint density at radius 1 is 1.40 bits per heavy atom. The largest absolute Gasteiger partial charge is 0.394 e. The Hall–Kier alpha value is -0.200. The first kappa shape index (κ1) is 12.9. The first-order valence-electron chi connectivity index (χ1n) is 5.23. The maximum absolute atomic E-state index is 9.06. The van der Waals surface area contributed by atoms with Crippen LogP contribution in [0.4, 0.5) is 0 Å². The lowest BCUT2D eigenvalue weighted by Gasteiger charge is -2.37. The Labute approximate surface area is 90.9 Å². The minimum atomic E-state index is -0.213. The summed E-state index contributed by atoms with van der Waals surface area (Å²) in [7, 11) is 3.25. The smallest absolute Gasteiger partial charge is 0.169 e. The molecular weight excluding hydrogens is 198 g/mol. The van der Waals surface area contributed by atoms with E-state index >= 15 is 0 Å². The van der Waals surface area contributed by atoms with Crippen LogP contribution in [-0.2, 0) is 14.2 Å². The molecule has 0 bridgehead atoms. The lowest BCUT2D eigenvalue weighted by molar-refractivity contribution is -0.146. The Kier molecular flexibility index (Phi) is 5.49. The Bertz CT molecular complexity index is 175. The molecule has 0 aromatic rings. The highest BCUT2D eigenvalue weighted by Crippen LogP contribution is 2.11. The molecule has 0 aromatic carbocycles. The maximum atomic E-state index is 9.06. The van der Waals surface area contributed by atoms with E-state index < -0.39 is 0 Å². The van der Waals surface area contributed by atoms with Gasteiger partial charge in [-0.25, -0.2) is 0 Å². The van der Waals surface area contributed by atoms with Gasteiger partial charge in [-0.15, -0.1) is 0 Å². The second kappa shape index (κ2) is 6.40. The van der Waals surface area contributed by atoms with Gasteiger partial charge < -0.3 is 19.3 Å². The van der Waals surface area contributed by atoms with Crippen molar-refractivity contribution < 1.29 is 19.3 Å². The van der Waals surface area contributed by atoms with Crippen LogP contribution in [0.2, 0.25) is 0 Å². The lowest BCUT2D eigenvalue weighted by Crippen LogP contribution is -2.50. The second-order valence-corrected chi connectivity index (χ2v) is 3.87. The normalized spacial score (nSPS) is 28.6. The number of nitrogens with zero attached hydrogens (tertiary/aromatic N) is 1. The van der Waals surface area contributed by atoms with E-state index in [1.807, 2.05) is 6.92 Å². The van der Waals surface area contributed by atoms with Crippen LogP contribution < -0.4 is 0 Å². The van der Waals surface area contributed by atoms with Crippen LogP contribution in [-0.4, -0.2) is 69.0 Å². The van der Waals surface area contributed by atoms with Crippen LogP contribution in [0.1, 0.15) is 6.92 Å². The van der Waals surface area contributed by atoms with Crippen molar-refractivity contribution in [2.24, 2.45) is 0 Å². The van der Waals surface area contributed by atoms with Crippen LogP contribution in [0, 0.1) is 0 Å². The van der Waals surface area contributed by atoms with Gasteiger partial charge in [0.1, 0.15) is 0 Å². The van der Waals surface area contributed by atoms with Gasteiger partial charge in [-0.3, -0.25) is 4.90 Å². The number of aliphatic hydroxyl groups excluding tert-OH is 1. The summed E-state index contributed by atoms with van der Waals surface area (Å²) in [5.74, 6) is 0. The van der Waals surface area contributed by atoms with E-state index in [0.29, 0.717) is 6.54 Å². The van der Waals surface area contributed by atoms with E-state index in [9.17, 15) is 0 Å². The minimum Gasteiger partial charge on any atom is -0.394 e. The number of rotatable bonds is 5. The van der Waals surface area contributed by atoms with Gasteiger partial charge in [0.05, 0.1) is 18.8 Å². The van der Waals surface area contributed by atoms with Gasteiger partial charge in [0, 0.05) is 33.9 Å². The van der Waals surface area contributed by atoms with Gasteiger partial charge in [-0.1, -0.05) is 0 Å². The molecule has 1 aliphatic heterocycles. The zero-order valence-corrected chi connectivity index (χ0v) is 9.68. The Morgan fingerprint density at radius 2 is 2.07 bits per heavy atom. The number of aliphatic hydroxyl groups is 1. The van der Waals surface area contributed by atoms with Crippen molar-refractivity contribution >= 4 is 0 Å². The van der Waals surface area contributed by atoms with Gasteiger partial charge in [0.25, 0.3) is 0 Å². The van der Waals surface area contributed by atoms with Crippen LogP contribution in [0.3, 0.4) is 0 Å². The van der Waals surface area contributed by atoms with E-state index in [1.165, 1.54) is 0 Å². The molecule has 5 nitrogen and oxygen atoms in total. The summed E-state index contributed by atoms with van der Waals surface area (Å²) in [4.78, 5) is 2.19. The zero-order valence-electron chi connectivity index (χ0n) is 9.68. The summed E-state index contributed by atoms with van der Waals surface area (Å²) in [6.45, 7) is 4.34. The molecule has 2 unspecified atom stereocenters. The molecular formula is C10H21NO4. The molecule has 5 heteroatoms. The van der Waals surface area contributed by atoms with Crippen molar-refractivity contribution in [3.63, 3.8) is 0 Å². The summed E-state index contributed by atoms with van der Waals surface area (Å²) in [6.07, 6.45) is -0.164. The summed E-state index contributed by atoms with van der Waals surface area (Å²) in [5, 5.41) is 9.06. The van der Waals surface area contributed by atoms with Crippen molar-refractivity contribution in [3.8, 4) is 0 Å². The average molecular weight is 219 g/mol. The molecule has 0 spiro atoms. The van der Waals surface area contributed by atoms with Crippen LogP contribution in [0.25, 0.3) is 0 Å². The quantitative estimate of drug-likeness (QED) is 0.643. The zero-order chi connectivity index (χ0) is 11.3. The Balaban J connectivity index is 2.39. The Morgan fingerprint density at radius 3 is 2.60 bits per heavy atom. The molecule has 0 radical (unpaired) electrons. The molecule has 1 N–H and O–H groups in total. The fourth-order valence-corrected chi connectivity index (χ4v) is 1.85. The van der Waals surface area contributed by atoms with Crippen molar-refractivity contribution in [1.29, 1.82) is 0 Å². The highest BCUT2D eigenvalue weighted by molar-refractivity contribution is 4.75. The van der Waals surface area contributed by atoms with Crippen molar-refractivity contribution in [1.82, 2.24) is 4.90 Å². The molecule has 0 aromatic heterocycles. The van der Waals surface area contributed by atoms with E-state index in [1.54, 1.807) is 14.2 Å². The minimum absolute atomic E-state index is 0.0610. The van der Waals surface area contributed by atoms with Crippen LogP contribution in [0.15, 0.2) is 0 Å². The first-order chi connectivity index (χ1) is 7.19. The molecule has 1 fully saturated rings. The molecule has 2 atom stereocenters. The summed E-state index contributed by atoms with van der Waals surface area (Å²) in [5.41, 5.74) is 0. The van der Waals surface area contributed by atoms with Gasteiger partial charge >= 0.3 is 0 Å². The van der Waals surface area contributed by atoms with Gasteiger partial charge in [0.15, 0.2) is 6.29 Å². The third-order valence-electron chi connectivity index (χ3n) is 2.54. The predicted molar refractivity (Wildman–Crippen MR) is 55.7 cm³/mol. The lowest BCUT2D eigenvalue weighted by atomic mass is 10.2. The van der Waals surface area contributed by atoms with E-state index in [0.717, 1.165) is 13.1 Å². The standard InChI is InChI=1S/C10H21NO4/c1-8-4-11(5-9(7-12)15-8)6-10(13-2)14-3/h8-10,12H,4-7H2,1-3H3. The third kappa shape index (κ3) is 4.04. The number of morpholine rings is 1. The van der Waals surface area contributed by atoms with Gasteiger partial charge in [0.2, 0.25) is 0 Å². The fourth-order valence-electron chi connectivity index (χ4n) is 1.85. The van der Waals surface area contributed by atoms with E-state index in [-0.39, 0.29) is 25.1 Å². The molecule has 15 heavy (non-hydrogen) atoms. The van der Waals surface area contributed by atoms with E-state index in [4.69, 9.17) is 19.3 Å². The summed E-state index contributed by atoms with van der Waals surface area (Å²) < 4.78 is 15.8. The summed E-state index contributed by atoms with van der Waals surface area (Å²) >= 11 is 0. The van der Waals surface area contributed by atoms with Crippen LogP contribution in [0.5, 0.6) is 0 Å². The third-order valence-corrected chi connectivity index (χ3v) is 2.54. The first-order valence-corrected chi connectivity index (χ1v) is 5.23.